The number of rotatable bonds is 5. The maximum absolute atomic E-state index is 13.3. The van der Waals surface area contributed by atoms with Gasteiger partial charge in [0.2, 0.25) is 10.0 Å². The summed E-state index contributed by atoms with van der Waals surface area (Å²) in [5.74, 6) is 0.605. The Balaban J connectivity index is 1.92. The average Bonchev–Trinajstić information content (AvgIpc) is 2.95. The van der Waals surface area contributed by atoms with Crippen LogP contribution in [0.3, 0.4) is 0 Å². The lowest BCUT2D eigenvalue weighted by Crippen LogP contribution is -2.35. The summed E-state index contributed by atoms with van der Waals surface area (Å²) < 4.78 is 33.4. The third-order valence-electron chi connectivity index (χ3n) is 5.04. The molecule has 1 fully saturated rings. The van der Waals surface area contributed by atoms with E-state index in [0.717, 1.165) is 37.0 Å². The molecule has 1 saturated heterocycles. The van der Waals surface area contributed by atoms with Gasteiger partial charge in [-0.15, -0.1) is 0 Å². The van der Waals surface area contributed by atoms with Gasteiger partial charge in [0.15, 0.2) is 0 Å². The minimum absolute atomic E-state index is 0.149. The summed E-state index contributed by atoms with van der Waals surface area (Å²) in [7, 11) is -1.94. The molecule has 142 valence electrons. The van der Waals surface area contributed by atoms with Crippen LogP contribution in [0, 0.1) is 11.3 Å². The number of hydrogen-bond acceptors (Lipinski definition) is 4. The molecule has 1 aliphatic rings. The molecule has 0 aliphatic carbocycles. The Hall–Kier alpha value is -2.36. The highest BCUT2D eigenvalue weighted by Crippen LogP contribution is 2.34. The lowest BCUT2D eigenvalue weighted by molar-refractivity contribution is 0.328. The Bertz CT molecular complexity index is 917. The second-order valence-corrected chi connectivity index (χ2v) is 8.70. The van der Waals surface area contributed by atoms with E-state index in [0.29, 0.717) is 17.7 Å². The van der Waals surface area contributed by atoms with Crippen molar-refractivity contribution in [3.05, 3.63) is 65.2 Å². The van der Waals surface area contributed by atoms with Gasteiger partial charge >= 0.3 is 0 Å². The second kappa shape index (κ2) is 8.55. The molecule has 1 aliphatic heterocycles. The summed E-state index contributed by atoms with van der Waals surface area (Å²) in [6.07, 6.45) is 3.67. The van der Waals surface area contributed by atoms with Crippen LogP contribution in [0.5, 0.6) is 5.75 Å². The molecule has 0 amide bonds. The molecule has 0 saturated carbocycles. The van der Waals surface area contributed by atoms with Gasteiger partial charge in [0.05, 0.1) is 24.5 Å². The van der Waals surface area contributed by atoms with Gasteiger partial charge in [0.1, 0.15) is 5.75 Å². The van der Waals surface area contributed by atoms with Crippen LogP contribution >= 0.6 is 0 Å². The SMILES string of the molecule is COc1ccc(C2CCCCCN2S(=O)(=O)Cc2ccccc2C#N)cc1. The fourth-order valence-corrected chi connectivity index (χ4v) is 5.44. The molecule has 6 heteroatoms. The van der Waals surface area contributed by atoms with Crippen molar-refractivity contribution in [1.29, 1.82) is 5.26 Å². The number of nitriles is 1. The molecule has 0 radical (unpaired) electrons. The first-order valence-electron chi connectivity index (χ1n) is 9.16. The van der Waals surface area contributed by atoms with Crippen molar-refractivity contribution < 1.29 is 13.2 Å². The van der Waals surface area contributed by atoms with Crippen LogP contribution in [0.1, 0.15) is 48.4 Å². The normalized spacial score (nSPS) is 18.4. The molecule has 3 rings (SSSR count). The Labute approximate surface area is 161 Å². The molecule has 27 heavy (non-hydrogen) atoms. The molecule has 0 spiro atoms. The number of sulfonamides is 1. The summed E-state index contributed by atoms with van der Waals surface area (Å²) in [5, 5.41) is 9.28. The Morgan fingerprint density at radius 3 is 2.56 bits per heavy atom. The molecule has 0 bridgehead atoms. The number of nitrogens with zero attached hydrogens (tertiary/aromatic N) is 2. The van der Waals surface area contributed by atoms with Crippen LogP contribution in [-0.4, -0.2) is 26.4 Å². The first kappa shape index (κ1) is 19.4. The highest BCUT2D eigenvalue weighted by molar-refractivity contribution is 7.88. The summed E-state index contributed by atoms with van der Waals surface area (Å²) in [5.41, 5.74) is 1.95. The van der Waals surface area contributed by atoms with Gasteiger partial charge in [-0.05, 0) is 42.2 Å². The lowest BCUT2D eigenvalue weighted by atomic mass is 10.0. The highest BCUT2D eigenvalue weighted by atomic mass is 32.2. The van der Waals surface area contributed by atoms with Crippen molar-refractivity contribution >= 4 is 10.0 Å². The molecule has 2 aromatic carbocycles. The van der Waals surface area contributed by atoms with Crippen molar-refractivity contribution in [1.82, 2.24) is 4.31 Å². The maximum atomic E-state index is 13.3. The van der Waals surface area contributed by atoms with Crippen molar-refractivity contribution in [2.45, 2.75) is 37.5 Å². The Kier molecular flexibility index (Phi) is 6.15. The van der Waals surface area contributed by atoms with E-state index in [-0.39, 0.29) is 11.8 Å². The quantitative estimate of drug-likeness (QED) is 0.781. The standard InChI is InChI=1S/C21H24N2O3S/c1-26-20-12-10-17(11-13-20)21-9-3-2-6-14-23(21)27(24,25)16-19-8-5-4-7-18(19)15-22/h4-5,7-8,10-13,21H,2-3,6,9,14,16H2,1H3. The maximum Gasteiger partial charge on any atom is 0.218 e. The molecular weight excluding hydrogens is 360 g/mol. The van der Waals surface area contributed by atoms with Gasteiger partial charge in [-0.2, -0.15) is 9.57 Å². The first-order chi connectivity index (χ1) is 13.0. The summed E-state index contributed by atoms with van der Waals surface area (Å²) in [6, 6.07) is 16.4. The molecular formula is C21H24N2O3S. The van der Waals surface area contributed by atoms with E-state index in [1.165, 1.54) is 0 Å². The summed E-state index contributed by atoms with van der Waals surface area (Å²) in [4.78, 5) is 0. The highest BCUT2D eigenvalue weighted by Gasteiger charge is 2.32. The number of methoxy groups -OCH3 is 1. The van der Waals surface area contributed by atoms with Crippen molar-refractivity contribution in [3.63, 3.8) is 0 Å². The molecule has 0 N–H and O–H groups in total. The van der Waals surface area contributed by atoms with Crippen molar-refractivity contribution in [2.75, 3.05) is 13.7 Å². The third kappa shape index (κ3) is 4.49. The van der Waals surface area contributed by atoms with Gasteiger partial charge in [-0.1, -0.05) is 43.2 Å². The van der Waals surface area contributed by atoms with Crippen LogP contribution in [0.25, 0.3) is 0 Å². The largest absolute Gasteiger partial charge is 0.497 e. The lowest BCUT2D eigenvalue weighted by Gasteiger charge is -2.30. The molecule has 0 aromatic heterocycles. The third-order valence-corrected chi connectivity index (χ3v) is 6.86. The fraction of sp³-hybridized carbons (Fsp3) is 0.381. The monoisotopic (exact) mass is 384 g/mol. The van der Waals surface area contributed by atoms with Gasteiger partial charge < -0.3 is 4.74 Å². The van der Waals surface area contributed by atoms with E-state index < -0.39 is 10.0 Å². The Morgan fingerprint density at radius 1 is 1.11 bits per heavy atom. The molecule has 1 heterocycles. The topological polar surface area (TPSA) is 70.4 Å². The molecule has 5 nitrogen and oxygen atoms in total. The van der Waals surface area contributed by atoms with E-state index in [1.54, 1.807) is 35.7 Å². The number of ether oxygens (including phenoxy) is 1. The Morgan fingerprint density at radius 2 is 1.85 bits per heavy atom. The summed E-state index contributed by atoms with van der Waals surface area (Å²) >= 11 is 0. The van der Waals surface area contributed by atoms with Gasteiger partial charge in [-0.3, -0.25) is 0 Å². The fourth-order valence-electron chi connectivity index (χ4n) is 3.61. The second-order valence-electron chi connectivity index (χ2n) is 6.77. The smallest absolute Gasteiger partial charge is 0.218 e. The zero-order valence-electron chi connectivity index (χ0n) is 15.5. The predicted octanol–water partition coefficient (Wildman–Crippen LogP) is 4.01. The van der Waals surface area contributed by atoms with E-state index in [2.05, 4.69) is 6.07 Å². The molecule has 2 aromatic rings. The zero-order valence-corrected chi connectivity index (χ0v) is 16.3. The van der Waals surface area contributed by atoms with Gasteiger partial charge in [0, 0.05) is 12.6 Å². The average molecular weight is 385 g/mol. The van der Waals surface area contributed by atoms with E-state index in [9.17, 15) is 13.7 Å². The minimum atomic E-state index is -3.55. The summed E-state index contributed by atoms with van der Waals surface area (Å²) in [6.45, 7) is 0.508. The predicted molar refractivity (Wildman–Crippen MR) is 105 cm³/mol. The van der Waals surface area contributed by atoms with Crippen LogP contribution in [0.4, 0.5) is 0 Å². The van der Waals surface area contributed by atoms with Gasteiger partial charge in [-0.25, -0.2) is 8.42 Å². The van der Waals surface area contributed by atoms with Gasteiger partial charge in [0.25, 0.3) is 0 Å². The number of benzene rings is 2. The zero-order chi connectivity index (χ0) is 19.3. The van der Waals surface area contributed by atoms with Crippen molar-refractivity contribution in [2.24, 2.45) is 0 Å². The minimum Gasteiger partial charge on any atom is -0.497 e. The van der Waals surface area contributed by atoms with Crippen LogP contribution < -0.4 is 4.74 Å². The molecule has 1 unspecified atom stereocenters. The van der Waals surface area contributed by atoms with E-state index in [1.807, 2.05) is 24.3 Å². The van der Waals surface area contributed by atoms with Crippen molar-refractivity contribution in [3.8, 4) is 11.8 Å². The van der Waals surface area contributed by atoms with E-state index >= 15 is 0 Å². The van der Waals surface area contributed by atoms with Crippen LogP contribution in [0.2, 0.25) is 0 Å². The molecule has 1 atom stereocenters. The number of hydrogen-bond donors (Lipinski definition) is 0. The van der Waals surface area contributed by atoms with E-state index in [4.69, 9.17) is 4.74 Å². The van der Waals surface area contributed by atoms with Crippen LogP contribution in [0.15, 0.2) is 48.5 Å². The van der Waals surface area contributed by atoms with Crippen LogP contribution in [-0.2, 0) is 15.8 Å². The first-order valence-corrected chi connectivity index (χ1v) is 10.8.